The molecule has 0 fully saturated rings. The molecule has 0 aliphatic heterocycles. The van der Waals surface area contributed by atoms with Gasteiger partial charge < -0.3 is 20.5 Å². The molecule has 0 aliphatic carbocycles. The highest BCUT2D eigenvalue weighted by molar-refractivity contribution is 5.95. The molecule has 5 heteroatoms. The molecule has 0 aliphatic rings. The van der Waals surface area contributed by atoms with E-state index in [0.29, 0.717) is 25.5 Å². The van der Waals surface area contributed by atoms with E-state index in [0.717, 1.165) is 18.5 Å². The Morgan fingerprint density at radius 1 is 1.29 bits per heavy atom. The van der Waals surface area contributed by atoms with Gasteiger partial charge in [-0.2, -0.15) is 0 Å². The number of hydrogen-bond acceptors (Lipinski definition) is 4. The first-order chi connectivity index (χ1) is 10.1. The van der Waals surface area contributed by atoms with E-state index in [9.17, 15) is 4.79 Å². The van der Waals surface area contributed by atoms with Crippen molar-refractivity contribution >= 4 is 11.6 Å². The van der Waals surface area contributed by atoms with Crippen LogP contribution in [0.5, 0.6) is 5.75 Å². The summed E-state index contributed by atoms with van der Waals surface area (Å²) in [4.78, 5) is 12.4. The van der Waals surface area contributed by atoms with Crippen molar-refractivity contribution in [2.75, 3.05) is 32.2 Å². The minimum absolute atomic E-state index is 0.0379. The van der Waals surface area contributed by atoms with Crippen molar-refractivity contribution in [2.24, 2.45) is 11.1 Å². The van der Waals surface area contributed by atoms with Gasteiger partial charge in [-0.1, -0.05) is 19.9 Å². The van der Waals surface area contributed by atoms with Gasteiger partial charge >= 0.3 is 0 Å². The van der Waals surface area contributed by atoms with Crippen molar-refractivity contribution < 1.29 is 14.3 Å². The maximum absolute atomic E-state index is 12.4. The summed E-state index contributed by atoms with van der Waals surface area (Å²) in [5.41, 5.74) is 6.01. The maximum atomic E-state index is 12.4. The molecular weight excluding hydrogens is 268 g/mol. The number of ether oxygens (including phenoxy) is 2. The second-order valence-electron chi connectivity index (χ2n) is 5.01. The molecule has 0 bridgehead atoms. The van der Waals surface area contributed by atoms with Gasteiger partial charge in [-0.3, -0.25) is 4.79 Å². The zero-order chi connectivity index (χ0) is 15.7. The van der Waals surface area contributed by atoms with Crippen LogP contribution in [-0.4, -0.2) is 32.8 Å². The molecule has 1 rings (SSSR count). The third-order valence-electron chi connectivity index (χ3n) is 3.87. The van der Waals surface area contributed by atoms with Gasteiger partial charge in [-0.05, 0) is 25.0 Å². The summed E-state index contributed by atoms with van der Waals surface area (Å²) in [6, 6.07) is 7.34. The smallest absolute Gasteiger partial charge is 0.231 e. The van der Waals surface area contributed by atoms with E-state index in [1.807, 2.05) is 32.0 Å². The number of carbonyl (C=O) groups excluding carboxylic acids is 1. The van der Waals surface area contributed by atoms with E-state index in [2.05, 4.69) is 5.32 Å². The molecule has 21 heavy (non-hydrogen) atoms. The monoisotopic (exact) mass is 294 g/mol. The molecule has 0 heterocycles. The maximum Gasteiger partial charge on any atom is 0.231 e. The standard InChI is InChI=1S/C16H26N2O3/c1-4-16(5-2,12-17)15(19)18-13-7-6-8-14(11-13)21-10-9-20-3/h6-8,11H,4-5,9-10,12,17H2,1-3H3,(H,18,19). The highest BCUT2D eigenvalue weighted by Crippen LogP contribution is 2.27. The average molecular weight is 294 g/mol. The molecule has 1 aromatic rings. The lowest BCUT2D eigenvalue weighted by Gasteiger charge is -2.28. The number of amides is 1. The molecule has 0 saturated heterocycles. The summed E-state index contributed by atoms with van der Waals surface area (Å²) in [6.45, 7) is 5.32. The quantitative estimate of drug-likeness (QED) is 0.686. The Hall–Kier alpha value is -1.59. The molecular formula is C16H26N2O3. The van der Waals surface area contributed by atoms with Crippen LogP contribution < -0.4 is 15.8 Å². The van der Waals surface area contributed by atoms with E-state index >= 15 is 0 Å². The molecule has 0 unspecified atom stereocenters. The van der Waals surface area contributed by atoms with Gasteiger partial charge in [-0.15, -0.1) is 0 Å². The molecule has 0 saturated carbocycles. The normalized spacial score (nSPS) is 11.2. The Morgan fingerprint density at radius 2 is 2.00 bits per heavy atom. The summed E-state index contributed by atoms with van der Waals surface area (Å²) in [7, 11) is 1.63. The predicted molar refractivity (Wildman–Crippen MR) is 84.5 cm³/mol. The average Bonchev–Trinajstić information content (AvgIpc) is 2.50. The minimum atomic E-state index is -0.507. The zero-order valence-electron chi connectivity index (χ0n) is 13.1. The van der Waals surface area contributed by atoms with Crippen molar-refractivity contribution in [1.29, 1.82) is 0 Å². The van der Waals surface area contributed by atoms with Crippen LogP contribution in [0.15, 0.2) is 24.3 Å². The Morgan fingerprint density at radius 3 is 2.57 bits per heavy atom. The number of nitrogens with one attached hydrogen (secondary N) is 1. The first kappa shape index (κ1) is 17.5. The van der Waals surface area contributed by atoms with E-state index in [1.54, 1.807) is 13.2 Å². The molecule has 3 N–H and O–H groups in total. The number of rotatable bonds is 9. The van der Waals surface area contributed by atoms with Crippen LogP contribution >= 0.6 is 0 Å². The number of benzene rings is 1. The number of methoxy groups -OCH3 is 1. The second-order valence-corrected chi connectivity index (χ2v) is 5.01. The number of nitrogens with two attached hydrogens (primary N) is 1. The largest absolute Gasteiger partial charge is 0.491 e. The lowest BCUT2D eigenvalue weighted by molar-refractivity contribution is -0.125. The topological polar surface area (TPSA) is 73.6 Å². The van der Waals surface area contributed by atoms with Gasteiger partial charge in [-0.25, -0.2) is 0 Å². The fourth-order valence-corrected chi connectivity index (χ4v) is 2.12. The van der Waals surface area contributed by atoms with Gasteiger partial charge in [0.15, 0.2) is 0 Å². The summed E-state index contributed by atoms with van der Waals surface area (Å²) in [5, 5.41) is 2.94. The van der Waals surface area contributed by atoms with Gasteiger partial charge in [0, 0.05) is 25.4 Å². The zero-order valence-corrected chi connectivity index (χ0v) is 13.1. The second kappa shape index (κ2) is 8.64. The molecule has 0 atom stereocenters. The summed E-state index contributed by atoms with van der Waals surface area (Å²) >= 11 is 0. The molecule has 0 aromatic heterocycles. The van der Waals surface area contributed by atoms with Crippen molar-refractivity contribution in [1.82, 2.24) is 0 Å². The van der Waals surface area contributed by atoms with E-state index in [-0.39, 0.29) is 5.91 Å². The third kappa shape index (κ3) is 4.72. The number of hydrogen-bond donors (Lipinski definition) is 2. The Bertz CT molecular complexity index is 437. The van der Waals surface area contributed by atoms with Gasteiger partial charge in [0.25, 0.3) is 0 Å². The van der Waals surface area contributed by atoms with Crippen molar-refractivity contribution in [3.8, 4) is 5.75 Å². The van der Waals surface area contributed by atoms with Crippen LogP contribution in [0.25, 0.3) is 0 Å². The molecule has 0 radical (unpaired) electrons. The van der Waals surface area contributed by atoms with Gasteiger partial charge in [0.1, 0.15) is 12.4 Å². The summed E-state index contributed by atoms with van der Waals surface area (Å²) in [5.74, 6) is 0.667. The third-order valence-corrected chi connectivity index (χ3v) is 3.87. The Balaban J connectivity index is 2.73. The number of anilines is 1. The minimum Gasteiger partial charge on any atom is -0.491 e. The fourth-order valence-electron chi connectivity index (χ4n) is 2.12. The first-order valence-electron chi connectivity index (χ1n) is 7.35. The lowest BCUT2D eigenvalue weighted by Crippen LogP contribution is -2.41. The van der Waals surface area contributed by atoms with Crippen LogP contribution in [0.1, 0.15) is 26.7 Å². The van der Waals surface area contributed by atoms with Crippen LogP contribution in [0.4, 0.5) is 5.69 Å². The summed E-state index contributed by atoms with van der Waals surface area (Å²) < 4.78 is 10.5. The fraction of sp³-hybridized carbons (Fsp3) is 0.562. The Kier molecular flexibility index (Phi) is 7.19. The highest BCUT2D eigenvalue weighted by Gasteiger charge is 2.33. The Labute approximate surface area is 126 Å². The lowest BCUT2D eigenvalue weighted by atomic mass is 9.81. The van der Waals surface area contributed by atoms with E-state index < -0.39 is 5.41 Å². The number of carbonyl (C=O) groups is 1. The molecule has 0 spiro atoms. The SMILES string of the molecule is CCC(CC)(CN)C(=O)Nc1cccc(OCCOC)c1. The molecule has 1 amide bonds. The van der Waals surface area contributed by atoms with Crippen LogP contribution in [0.3, 0.4) is 0 Å². The van der Waals surface area contributed by atoms with Crippen molar-refractivity contribution in [2.45, 2.75) is 26.7 Å². The predicted octanol–water partition coefficient (Wildman–Crippen LogP) is 2.42. The van der Waals surface area contributed by atoms with Crippen LogP contribution in [0.2, 0.25) is 0 Å². The highest BCUT2D eigenvalue weighted by atomic mass is 16.5. The molecule has 118 valence electrons. The van der Waals surface area contributed by atoms with E-state index in [4.69, 9.17) is 15.2 Å². The van der Waals surface area contributed by atoms with Crippen molar-refractivity contribution in [3.63, 3.8) is 0 Å². The van der Waals surface area contributed by atoms with Crippen LogP contribution in [-0.2, 0) is 9.53 Å². The summed E-state index contributed by atoms with van der Waals surface area (Å²) in [6.07, 6.45) is 1.44. The van der Waals surface area contributed by atoms with Crippen LogP contribution in [0, 0.1) is 5.41 Å². The van der Waals surface area contributed by atoms with Gasteiger partial charge in [0.05, 0.1) is 12.0 Å². The molecule has 5 nitrogen and oxygen atoms in total. The van der Waals surface area contributed by atoms with E-state index in [1.165, 1.54) is 0 Å². The first-order valence-corrected chi connectivity index (χ1v) is 7.35. The van der Waals surface area contributed by atoms with Gasteiger partial charge in [0.2, 0.25) is 5.91 Å². The molecule has 1 aromatic carbocycles. The van der Waals surface area contributed by atoms with Crippen molar-refractivity contribution in [3.05, 3.63) is 24.3 Å².